The lowest BCUT2D eigenvalue weighted by atomic mass is 9.88. The summed E-state index contributed by atoms with van der Waals surface area (Å²) in [6.07, 6.45) is 1.23. The summed E-state index contributed by atoms with van der Waals surface area (Å²) in [6, 6.07) is 5.28. The van der Waals surface area contributed by atoms with Crippen molar-refractivity contribution in [2.24, 2.45) is 0 Å². The van der Waals surface area contributed by atoms with Crippen LogP contribution in [-0.2, 0) is 11.3 Å². The second kappa shape index (κ2) is 8.55. The number of rotatable bonds is 7. The monoisotopic (exact) mass is 516 g/mol. The Morgan fingerprint density at radius 3 is 2.76 bits per heavy atom. The number of nitrogens with one attached hydrogen (secondary N) is 1. The van der Waals surface area contributed by atoms with Gasteiger partial charge in [0, 0.05) is 13.1 Å². The molecule has 6 rings (SSSR count). The van der Waals surface area contributed by atoms with E-state index in [0.29, 0.717) is 41.9 Å². The summed E-state index contributed by atoms with van der Waals surface area (Å²) in [5.74, 6) is -0.310. The highest BCUT2D eigenvalue weighted by Crippen LogP contribution is 2.40. The number of ether oxygens (including phenoxy) is 2. The third kappa shape index (κ3) is 3.79. The van der Waals surface area contributed by atoms with E-state index in [4.69, 9.17) is 9.47 Å². The van der Waals surface area contributed by atoms with Crippen LogP contribution >= 0.6 is 0 Å². The molecule has 13 heteroatoms. The van der Waals surface area contributed by atoms with Crippen LogP contribution in [0.3, 0.4) is 0 Å². The van der Waals surface area contributed by atoms with E-state index in [2.05, 4.69) is 30.6 Å². The van der Waals surface area contributed by atoms with Gasteiger partial charge in [-0.3, -0.25) is 4.90 Å². The van der Waals surface area contributed by atoms with Gasteiger partial charge in [0.2, 0.25) is 11.8 Å². The highest BCUT2D eigenvalue weighted by molar-refractivity contribution is 5.89. The molecule has 10 nitrogen and oxygen atoms in total. The van der Waals surface area contributed by atoms with Gasteiger partial charge in [0.25, 0.3) is 0 Å². The average molecular weight is 517 g/mol. The van der Waals surface area contributed by atoms with Gasteiger partial charge in [0.1, 0.15) is 23.4 Å². The number of likely N-dealkylation sites (tertiary alicyclic amines) is 1. The average Bonchev–Trinajstić information content (AvgIpc) is 3.43. The minimum Gasteiger partial charge on any atom is -0.479 e. The Morgan fingerprint density at radius 1 is 1.24 bits per heavy atom. The van der Waals surface area contributed by atoms with Crippen molar-refractivity contribution in [2.75, 3.05) is 45.4 Å². The van der Waals surface area contributed by atoms with Gasteiger partial charge >= 0.3 is 0 Å². The molecule has 5 heterocycles. The van der Waals surface area contributed by atoms with Crippen molar-refractivity contribution in [3.8, 4) is 17.0 Å². The fourth-order valence-electron chi connectivity index (χ4n) is 5.15. The molecule has 2 saturated heterocycles. The van der Waals surface area contributed by atoms with E-state index in [9.17, 15) is 4.39 Å². The van der Waals surface area contributed by atoms with Gasteiger partial charge in [-0.05, 0) is 31.5 Å². The molecule has 0 radical (unpaired) electrons. The molecule has 1 unspecified atom stereocenters. The normalized spacial score (nSPS) is 24.7. The van der Waals surface area contributed by atoms with Crippen molar-refractivity contribution in [3.05, 3.63) is 30.2 Å². The van der Waals surface area contributed by atoms with E-state index < -0.39 is 23.7 Å². The number of anilines is 1. The summed E-state index contributed by atoms with van der Waals surface area (Å²) < 4.78 is 57.6. The summed E-state index contributed by atoms with van der Waals surface area (Å²) in [4.78, 5) is 6.54. The van der Waals surface area contributed by atoms with E-state index in [1.807, 2.05) is 0 Å². The summed E-state index contributed by atoms with van der Waals surface area (Å²) in [7, 11) is 1.43. The molecule has 3 aromatic heterocycles. The molecule has 0 bridgehead atoms. The number of methoxy groups -OCH3 is 1. The minimum absolute atomic E-state index is 0.0395. The van der Waals surface area contributed by atoms with E-state index in [1.54, 1.807) is 32.0 Å². The Balaban J connectivity index is 1.39. The lowest BCUT2D eigenvalue weighted by Crippen LogP contribution is -2.52. The van der Waals surface area contributed by atoms with Crippen LogP contribution in [0.15, 0.2) is 24.4 Å². The van der Waals surface area contributed by atoms with E-state index >= 15 is 8.78 Å². The number of nitrogens with zero attached hydrogens (tertiary/aromatic N) is 7. The van der Waals surface area contributed by atoms with Crippen LogP contribution < -0.4 is 10.1 Å². The van der Waals surface area contributed by atoms with Crippen molar-refractivity contribution < 1.29 is 22.6 Å². The molecular weight excluding hydrogens is 489 g/mol. The van der Waals surface area contributed by atoms with Crippen molar-refractivity contribution in [3.63, 3.8) is 0 Å². The number of hydrogen-bond acceptors (Lipinski definition) is 8. The Bertz CT molecular complexity index is 1480. The van der Waals surface area contributed by atoms with Gasteiger partial charge < -0.3 is 14.8 Å². The molecule has 37 heavy (non-hydrogen) atoms. The zero-order chi connectivity index (χ0) is 25.9. The van der Waals surface area contributed by atoms with Gasteiger partial charge in [0.05, 0.1) is 55.7 Å². The predicted molar refractivity (Wildman–Crippen MR) is 130 cm³/mol. The zero-order valence-electron chi connectivity index (χ0n) is 20.7. The topological polar surface area (TPSA) is 94.6 Å². The second-order valence-electron chi connectivity index (χ2n) is 10.0. The molecule has 1 N–H and O–H groups in total. The number of hydrogen-bond donors (Lipinski definition) is 1. The van der Waals surface area contributed by atoms with Crippen LogP contribution in [0.2, 0.25) is 0 Å². The molecule has 4 aromatic rings. The molecule has 196 valence electrons. The van der Waals surface area contributed by atoms with Crippen molar-refractivity contribution >= 4 is 22.5 Å². The number of aryl methyl sites for hydroxylation is 1. The van der Waals surface area contributed by atoms with Crippen LogP contribution in [0.4, 0.5) is 19.1 Å². The maximum Gasteiger partial charge on any atom is 0.244 e. The molecule has 2 aliphatic heterocycles. The highest BCUT2D eigenvalue weighted by atomic mass is 19.1. The van der Waals surface area contributed by atoms with Crippen LogP contribution in [0, 0.1) is 5.82 Å². The first kappa shape index (κ1) is 23.9. The first-order valence-electron chi connectivity index (χ1n) is 12.0. The van der Waals surface area contributed by atoms with Gasteiger partial charge in [-0.25, -0.2) is 22.4 Å². The summed E-state index contributed by atoms with van der Waals surface area (Å²) in [5.41, 5.74) is -0.396. The quantitative estimate of drug-likeness (QED) is 0.401. The SMILES string of the molecule is COc1nc(NC2(C)CN(C3COC3)C[C@]2(C)F)nn2cc(F)c(-c3ccc4nnn(CCF)c4c3)c12. The Kier molecular flexibility index (Phi) is 5.53. The van der Waals surface area contributed by atoms with E-state index in [-0.39, 0.29) is 36.5 Å². The first-order chi connectivity index (χ1) is 17.7. The summed E-state index contributed by atoms with van der Waals surface area (Å²) >= 11 is 0. The molecule has 2 fully saturated rings. The number of aromatic nitrogens is 6. The third-order valence-electron chi connectivity index (χ3n) is 7.54. The van der Waals surface area contributed by atoms with Gasteiger partial charge in [-0.1, -0.05) is 11.3 Å². The lowest BCUT2D eigenvalue weighted by molar-refractivity contribution is -0.0608. The largest absolute Gasteiger partial charge is 0.479 e. The van der Waals surface area contributed by atoms with Crippen LogP contribution in [-0.4, -0.2) is 91.8 Å². The number of halogens is 3. The fourth-order valence-corrected chi connectivity index (χ4v) is 5.15. The number of fused-ring (bicyclic) bond motifs is 2. The van der Waals surface area contributed by atoms with Crippen molar-refractivity contribution in [1.29, 1.82) is 0 Å². The molecule has 2 atom stereocenters. The highest BCUT2D eigenvalue weighted by Gasteiger charge is 2.55. The molecule has 0 spiro atoms. The second-order valence-corrected chi connectivity index (χ2v) is 10.0. The number of alkyl halides is 2. The molecule has 1 aromatic carbocycles. The van der Waals surface area contributed by atoms with Gasteiger partial charge in [-0.2, -0.15) is 4.98 Å². The Labute approximate surface area is 210 Å². The predicted octanol–water partition coefficient (Wildman–Crippen LogP) is 2.87. The fraction of sp³-hybridized carbons (Fsp3) is 0.500. The third-order valence-corrected chi connectivity index (χ3v) is 7.54. The molecule has 0 amide bonds. The first-order valence-corrected chi connectivity index (χ1v) is 12.0. The van der Waals surface area contributed by atoms with E-state index in [1.165, 1.54) is 22.5 Å². The van der Waals surface area contributed by atoms with E-state index in [0.717, 1.165) is 0 Å². The molecule has 0 aliphatic carbocycles. The maximum absolute atomic E-state index is 15.8. The number of benzene rings is 1. The summed E-state index contributed by atoms with van der Waals surface area (Å²) in [5, 5.41) is 15.6. The Morgan fingerprint density at radius 2 is 2.05 bits per heavy atom. The minimum atomic E-state index is -1.58. The molecule has 2 aliphatic rings. The smallest absolute Gasteiger partial charge is 0.244 e. The van der Waals surface area contributed by atoms with Crippen LogP contribution in [0.5, 0.6) is 5.88 Å². The van der Waals surface area contributed by atoms with Crippen LogP contribution in [0.25, 0.3) is 27.7 Å². The lowest BCUT2D eigenvalue weighted by Gasteiger charge is -2.36. The Hall–Kier alpha value is -3.45. The van der Waals surface area contributed by atoms with Gasteiger partial charge in [-0.15, -0.1) is 10.2 Å². The van der Waals surface area contributed by atoms with Crippen molar-refractivity contribution in [2.45, 2.75) is 37.6 Å². The molecular formula is C24H27F3N8O2. The van der Waals surface area contributed by atoms with Crippen LogP contribution in [0.1, 0.15) is 13.8 Å². The van der Waals surface area contributed by atoms with Gasteiger partial charge in [0.15, 0.2) is 5.82 Å². The summed E-state index contributed by atoms with van der Waals surface area (Å²) in [6.45, 7) is 4.64. The van der Waals surface area contributed by atoms with Crippen molar-refractivity contribution in [1.82, 2.24) is 34.5 Å². The maximum atomic E-state index is 15.8. The zero-order valence-corrected chi connectivity index (χ0v) is 20.7. The molecule has 0 saturated carbocycles. The standard InChI is InChI=1S/C24H27F3N8O2/c1-23(27)12-33(15-10-37-11-15)13-24(23,2)29-22-28-21(36-3)20-19(16(26)9-35(20)31-22)14-4-5-17-18(8-14)34(7-6-25)32-30-17/h4-5,8-9,15H,6-7,10-13H2,1-3H3,(H,29,31)/t23-,24?/m0/s1.